The summed E-state index contributed by atoms with van der Waals surface area (Å²) < 4.78 is 5.93. The Labute approximate surface area is 232 Å². The molecule has 5 rings (SSSR count). The molecule has 0 fully saturated rings. The van der Waals surface area contributed by atoms with Crippen molar-refractivity contribution in [1.29, 1.82) is 0 Å². The predicted octanol–water partition coefficient (Wildman–Crippen LogP) is 8.04. The van der Waals surface area contributed by atoms with Crippen molar-refractivity contribution in [2.45, 2.75) is 26.7 Å². The van der Waals surface area contributed by atoms with Crippen LogP contribution in [0.3, 0.4) is 0 Å². The second-order valence-corrected chi connectivity index (χ2v) is 10.1. The number of benzene rings is 3. The minimum atomic E-state index is -0.277. The van der Waals surface area contributed by atoms with Gasteiger partial charge in [-0.05, 0) is 54.2 Å². The van der Waals surface area contributed by atoms with E-state index >= 15 is 0 Å². The number of carbonyl (C=O) groups is 1. The van der Waals surface area contributed by atoms with Crippen molar-refractivity contribution < 1.29 is 9.21 Å². The highest BCUT2D eigenvalue weighted by Gasteiger charge is 2.19. The van der Waals surface area contributed by atoms with Crippen LogP contribution in [0.15, 0.2) is 89.6 Å². The van der Waals surface area contributed by atoms with Crippen LogP contribution in [-0.4, -0.2) is 22.5 Å². The summed E-state index contributed by atoms with van der Waals surface area (Å²) in [5.41, 5.74) is 5.18. The summed E-state index contributed by atoms with van der Waals surface area (Å²) in [7, 11) is 0. The zero-order valence-corrected chi connectivity index (χ0v) is 22.6. The molecule has 5 aromatic rings. The predicted molar refractivity (Wildman–Crippen MR) is 159 cm³/mol. The molecular weight excluding hydrogens is 510 g/mol. The van der Waals surface area contributed by atoms with Crippen LogP contribution in [0.2, 0.25) is 5.02 Å². The highest BCUT2D eigenvalue weighted by molar-refractivity contribution is 6.38. The van der Waals surface area contributed by atoms with Crippen molar-refractivity contribution in [1.82, 2.24) is 9.97 Å². The summed E-state index contributed by atoms with van der Waals surface area (Å²) in [6, 6.07) is 25.1. The number of aromatic nitrogens is 2. The third-order valence-electron chi connectivity index (χ3n) is 6.24. The van der Waals surface area contributed by atoms with Gasteiger partial charge in [-0.15, -0.1) is 0 Å². The third kappa shape index (κ3) is 6.56. The van der Waals surface area contributed by atoms with Gasteiger partial charge in [-0.25, -0.2) is 14.8 Å². The van der Waals surface area contributed by atoms with Crippen molar-refractivity contribution in [2.75, 3.05) is 22.5 Å². The Morgan fingerprint density at radius 2 is 1.51 bits per heavy atom. The van der Waals surface area contributed by atoms with Gasteiger partial charge in [-0.3, -0.25) is 0 Å². The first-order valence-electron chi connectivity index (χ1n) is 12.9. The summed E-state index contributed by atoms with van der Waals surface area (Å²) in [6.45, 7) is 5.01. The molecule has 3 N–H and O–H groups in total. The molecule has 2 heterocycles. The Morgan fingerprint density at radius 3 is 2.15 bits per heavy atom. The lowest BCUT2D eigenvalue weighted by atomic mass is 10.0. The molecule has 0 radical (unpaired) electrons. The van der Waals surface area contributed by atoms with Crippen molar-refractivity contribution >= 4 is 45.9 Å². The van der Waals surface area contributed by atoms with E-state index in [2.05, 4.69) is 39.8 Å². The molecule has 7 nitrogen and oxygen atoms in total. The normalized spacial score (nSPS) is 11.1. The molecule has 3 aromatic carbocycles. The fraction of sp³-hybridized carbons (Fsp3) is 0.194. The Morgan fingerprint density at radius 1 is 0.872 bits per heavy atom. The maximum atomic E-state index is 12.4. The lowest BCUT2D eigenvalue weighted by Gasteiger charge is -2.10. The monoisotopic (exact) mass is 539 g/mol. The summed E-state index contributed by atoms with van der Waals surface area (Å²) in [5.74, 6) is 1.80. The number of furan rings is 1. The number of amides is 2. The van der Waals surface area contributed by atoms with Crippen LogP contribution < -0.4 is 16.0 Å². The van der Waals surface area contributed by atoms with Gasteiger partial charge in [-0.2, -0.15) is 0 Å². The SMILES string of the molecule is CC(C)Cc1ccc(NC(=O)Nc2ccc(CCNc3ncnc4oc(-c5ccccc5)c(Cl)c34)cc2)cc1. The first kappa shape index (κ1) is 26.3. The van der Waals surface area contributed by atoms with Gasteiger partial charge in [0.15, 0.2) is 5.76 Å². The number of nitrogens with one attached hydrogen (secondary N) is 3. The van der Waals surface area contributed by atoms with Crippen molar-refractivity contribution in [2.24, 2.45) is 5.92 Å². The summed E-state index contributed by atoms with van der Waals surface area (Å²) in [5, 5.41) is 10.3. The van der Waals surface area contributed by atoms with Crippen LogP contribution in [0.25, 0.3) is 22.4 Å². The molecule has 8 heteroatoms. The summed E-state index contributed by atoms with van der Waals surface area (Å²) >= 11 is 6.67. The fourth-order valence-electron chi connectivity index (χ4n) is 4.38. The minimum Gasteiger partial charge on any atom is -0.436 e. The van der Waals surface area contributed by atoms with E-state index in [4.69, 9.17) is 16.0 Å². The van der Waals surface area contributed by atoms with E-state index in [1.54, 1.807) is 0 Å². The van der Waals surface area contributed by atoms with Crippen molar-refractivity contribution in [3.63, 3.8) is 0 Å². The number of hydrogen-bond acceptors (Lipinski definition) is 5. The van der Waals surface area contributed by atoms with Crippen LogP contribution >= 0.6 is 11.6 Å². The Hall–Kier alpha value is -4.36. The largest absolute Gasteiger partial charge is 0.436 e. The molecule has 0 atom stereocenters. The smallest absolute Gasteiger partial charge is 0.323 e. The molecule has 0 saturated carbocycles. The molecule has 0 bridgehead atoms. The first-order valence-corrected chi connectivity index (χ1v) is 13.3. The van der Waals surface area contributed by atoms with Gasteiger partial charge >= 0.3 is 6.03 Å². The second kappa shape index (κ2) is 12.0. The van der Waals surface area contributed by atoms with Crippen LogP contribution in [-0.2, 0) is 12.8 Å². The van der Waals surface area contributed by atoms with E-state index in [0.29, 0.717) is 40.2 Å². The molecule has 0 aliphatic heterocycles. The number of hydrogen-bond donors (Lipinski definition) is 3. The van der Waals surface area contributed by atoms with Gasteiger partial charge in [0.2, 0.25) is 5.71 Å². The van der Waals surface area contributed by atoms with Crippen LogP contribution in [0.4, 0.5) is 22.0 Å². The Kier molecular flexibility index (Phi) is 8.08. The first-order chi connectivity index (χ1) is 19.0. The van der Waals surface area contributed by atoms with E-state index in [1.165, 1.54) is 11.9 Å². The number of urea groups is 1. The standard InChI is InChI=1S/C31H30ClN5O2/c1-20(2)18-22-10-14-25(15-11-22)37-31(38)36-24-12-8-21(9-13-24)16-17-33-29-26-27(32)28(23-6-4-3-5-7-23)39-30(26)35-19-34-29/h3-15,19-20H,16-18H2,1-2H3,(H,33,34,35)(H2,36,37,38). The van der Waals surface area contributed by atoms with E-state index in [0.717, 1.165) is 35.3 Å². The van der Waals surface area contributed by atoms with Crippen LogP contribution in [0.5, 0.6) is 0 Å². The van der Waals surface area contributed by atoms with Crippen LogP contribution in [0.1, 0.15) is 25.0 Å². The van der Waals surface area contributed by atoms with Gasteiger partial charge in [0.1, 0.15) is 22.6 Å². The van der Waals surface area contributed by atoms with E-state index in [9.17, 15) is 4.79 Å². The molecule has 0 aliphatic rings. The van der Waals surface area contributed by atoms with E-state index in [1.807, 2.05) is 78.9 Å². The highest BCUT2D eigenvalue weighted by atomic mass is 35.5. The van der Waals surface area contributed by atoms with Gasteiger partial charge in [-0.1, -0.05) is 80.0 Å². The maximum Gasteiger partial charge on any atom is 0.323 e. The number of nitrogens with zero attached hydrogens (tertiary/aromatic N) is 2. The minimum absolute atomic E-state index is 0.277. The summed E-state index contributed by atoms with van der Waals surface area (Å²) in [4.78, 5) is 21.1. The number of fused-ring (bicyclic) bond motifs is 1. The zero-order chi connectivity index (χ0) is 27.2. The third-order valence-corrected chi connectivity index (χ3v) is 6.60. The number of carbonyl (C=O) groups excluding carboxylic acids is 1. The zero-order valence-electron chi connectivity index (χ0n) is 21.9. The summed E-state index contributed by atoms with van der Waals surface area (Å²) in [6.07, 6.45) is 3.23. The molecular formula is C31H30ClN5O2. The Bertz CT molecular complexity index is 1550. The molecule has 0 aliphatic carbocycles. The van der Waals surface area contributed by atoms with Crippen molar-refractivity contribution in [3.05, 3.63) is 101 Å². The quantitative estimate of drug-likeness (QED) is 0.176. The molecule has 2 aromatic heterocycles. The van der Waals surface area contributed by atoms with E-state index < -0.39 is 0 Å². The van der Waals surface area contributed by atoms with Gasteiger partial charge in [0.25, 0.3) is 0 Å². The average molecular weight is 540 g/mol. The molecule has 0 unspecified atom stereocenters. The number of anilines is 3. The van der Waals surface area contributed by atoms with Gasteiger partial charge in [0.05, 0.1) is 0 Å². The van der Waals surface area contributed by atoms with E-state index in [-0.39, 0.29) is 6.03 Å². The molecule has 39 heavy (non-hydrogen) atoms. The highest BCUT2D eigenvalue weighted by Crippen LogP contribution is 2.39. The van der Waals surface area contributed by atoms with Crippen molar-refractivity contribution in [3.8, 4) is 11.3 Å². The maximum absolute atomic E-state index is 12.4. The molecule has 198 valence electrons. The fourth-order valence-corrected chi connectivity index (χ4v) is 4.70. The Balaban J connectivity index is 1.15. The molecule has 0 saturated heterocycles. The lowest BCUT2D eigenvalue weighted by molar-refractivity contribution is 0.262. The lowest BCUT2D eigenvalue weighted by Crippen LogP contribution is -2.19. The average Bonchev–Trinajstić information content (AvgIpc) is 3.28. The molecule has 2 amide bonds. The second-order valence-electron chi connectivity index (χ2n) is 9.76. The molecule has 0 spiro atoms. The van der Waals surface area contributed by atoms with Gasteiger partial charge in [0, 0.05) is 23.5 Å². The number of rotatable bonds is 9. The van der Waals surface area contributed by atoms with Crippen LogP contribution in [0, 0.1) is 5.92 Å². The topological polar surface area (TPSA) is 92.1 Å². The number of halogens is 1. The van der Waals surface area contributed by atoms with Gasteiger partial charge < -0.3 is 20.4 Å².